The molecule has 3 aromatic rings. The summed E-state index contributed by atoms with van der Waals surface area (Å²) in [5.41, 5.74) is 0.604. The van der Waals surface area contributed by atoms with E-state index < -0.39 is 34.3 Å². The van der Waals surface area contributed by atoms with Gasteiger partial charge in [0.25, 0.3) is 11.5 Å². The van der Waals surface area contributed by atoms with Gasteiger partial charge in [0, 0.05) is 23.7 Å². The number of rotatable bonds is 6. The summed E-state index contributed by atoms with van der Waals surface area (Å²) in [6.07, 6.45) is -4.57. The molecule has 6 nitrogen and oxygen atoms in total. The van der Waals surface area contributed by atoms with E-state index in [9.17, 15) is 31.5 Å². The molecule has 1 aromatic heterocycles. The molecule has 0 radical (unpaired) electrons. The summed E-state index contributed by atoms with van der Waals surface area (Å²) in [6.45, 7) is 3.39. The smallest absolute Gasteiger partial charge is 0.416 e. The minimum absolute atomic E-state index is 0.00366. The number of carbonyl (C=O) groups excluding carboxylic acids is 1. The molecule has 1 atom stereocenters. The fourth-order valence-corrected chi connectivity index (χ4v) is 3.96. The Balaban J connectivity index is 1.85. The Bertz CT molecular complexity index is 1290. The number of carbonyl (C=O) groups is 1. The van der Waals surface area contributed by atoms with E-state index in [0.717, 1.165) is 22.3 Å². The van der Waals surface area contributed by atoms with Gasteiger partial charge in [0.15, 0.2) is 0 Å². The first-order valence-corrected chi connectivity index (χ1v) is 11.0. The Morgan fingerprint density at radius 3 is 2.45 bits per heavy atom. The highest BCUT2D eigenvalue weighted by molar-refractivity contribution is 7.78. The maximum atomic E-state index is 13.1. The Labute approximate surface area is 190 Å². The topological polar surface area (TPSA) is 91.2 Å². The van der Waals surface area contributed by atoms with Crippen LogP contribution in [0.2, 0.25) is 0 Å². The van der Waals surface area contributed by atoms with Gasteiger partial charge in [0.1, 0.15) is 5.56 Å². The number of pyridine rings is 1. The molecule has 0 aliphatic carbocycles. The van der Waals surface area contributed by atoms with Gasteiger partial charge in [-0.2, -0.15) is 13.2 Å². The molecule has 0 aliphatic heterocycles. The highest BCUT2D eigenvalue weighted by atomic mass is 32.2. The third-order valence-electron chi connectivity index (χ3n) is 5.09. The molecule has 1 unspecified atom stereocenters. The first kappa shape index (κ1) is 24.4. The van der Waals surface area contributed by atoms with E-state index in [-0.39, 0.29) is 23.5 Å². The average Bonchev–Trinajstić information content (AvgIpc) is 2.73. The van der Waals surface area contributed by atoms with E-state index in [0.29, 0.717) is 16.8 Å². The molecule has 0 bridgehead atoms. The number of alkyl halides is 3. The van der Waals surface area contributed by atoms with Gasteiger partial charge >= 0.3 is 6.18 Å². The molecule has 174 valence electrons. The lowest BCUT2D eigenvalue weighted by Gasteiger charge is -2.14. The van der Waals surface area contributed by atoms with Gasteiger partial charge in [-0.3, -0.25) is 18.4 Å². The molecule has 0 saturated heterocycles. The Morgan fingerprint density at radius 1 is 1.09 bits per heavy atom. The van der Waals surface area contributed by atoms with Crippen molar-refractivity contribution in [3.8, 4) is 5.69 Å². The van der Waals surface area contributed by atoms with Gasteiger partial charge in [0.2, 0.25) is 0 Å². The number of amides is 1. The van der Waals surface area contributed by atoms with Crippen molar-refractivity contribution in [3.63, 3.8) is 0 Å². The largest absolute Gasteiger partial charge is 0.772 e. The van der Waals surface area contributed by atoms with Crippen molar-refractivity contribution in [2.45, 2.75) is 32.3 Å². The molecule has 0 spiro atoms. The monoisotopic (exact) mass is 477 g/mol. The van der Waals surface area contributed by atoms with Crippen LogP contribution in [0.3, 0.4) is 0 Å². The lowest BCUT2D eigenvalue weighted by molar-refractivity contribution is -0.137. The van der Waals surface area contributed by atoms with Crippen LogP contribution < -0.4 is 10.9 Å². The Kier molecular flexibility index (Phi) is 7.19. The minimum atomic E-state index is -4.57. The van der Waals surface area contributed by atoms with Gasteiger partial charge in [-0.1, -0.05) is 35.3 Å². The molecule has 0 aliphatic rings. The van der Waals surface area contributed by atoms with Crippen LogP contribution in [0.5, 0.6) is 0 Å². The number of hydrogen-bond acceptors (Lipinski definition) is 4. The summed E-state index contributed by atoms with van der Waals surface area (Å²) in [5.74, 6) is -0.792. The highest BCUT2D eigenvalue weighted by Gasteiger charge is 2.30. The van der Waals surface area contributed by atoms with Crippen LogP contribution >= 0.6 is 0 Å². The molecule has 0 fully saturated rings. The summed E-state index contributed by atoms with van der Waals surface area (Å²) in [5, 5.41) is 2.62. The molecular formula is C23H20F3N2O4S-. The van der Waals surface area contributed by atoms with Crippen molar-refractivity contribution in [2.75, 3.05) is 0 Å². The van der Waals surface area contributed by atoms with Crippen LogP contribution in [0.15, 0.2) is 59.4 Å². The highest BCUT2D eigenvalue weighted by Crippen LogP contribution is 2.30. The van der Waals surface area contributed by atoms with E-state index >= 15 is 0 Å². The van der Waals surface area contributed by atoms with Crippen molar-refractivity contribution in [1.82, 2.24) is 9.88 Å². The van der Waals surface area contributed by atoms with Crippen molar-refractivity contribution < 1.29 is 26.7 Å². The van der Waals surface area contributed by atoms with Crippen LogP contribution in [-0.2, 0) is 29.6 Å². The number of benzene rings is 2. The SMILES string of the molecule is Cc1cc(CNC(=O)c2ccc(C)n(-c3cccc(C(F)(F)F)c3)c2=O)ccc1CS(=O)[O-]. The van der Waals surface area contributed by atoms with Crippen molar-refractivity contribution in [2.24, 2.45) is 0 Å². The van der Waals surface area contributed by atoms with Gasteiger partial charge in [0.05, 0.1) is 5.56 Å². The standard InChI is InChI=1S/C23H21F3N2O4S/c1-14-10-16(7-8-17(14)13-33(31)32)12-27-21(29)20-9-6-15(2)28(22(20)30)19-5-3-4-18(11-19)23(24,25)26/h3-11H,12-13H2,1-2H3,(H,27,29)(H,31,32)/p-1. The van der Waals surface area contributed by atoms with Crippen LogP contribution in [0.4, 0.5) is 13.2 Å². The number of aryl methyl sites for hydroxylation is 2. The second-order valence-electron chi connectivity index (χ2n) is 7.47. The molecule has 33 heavy (non-hydrogen) atoms. The van der Waals surface area contributed by atoms with Crippen LogP contribution in [0.1, 0.15) is 38.3 Å². The molecular weight excluding hydrogens is 457 g/mol. The second kappa shape index (κ2) is 9.72. The van der Waals surface area contributed by atoms with Gasteiger partial charge in [-0.15, -0.1) is 0 Å². The Hall–Kier alpha value is -3.24. The summed E-state index contributed by atoms with van der Waals surface area (Å²) in [4.78, 5) is 25.6. The zero-order valence-electron chi connectivity index (χ0n) is 17.7. The quantitative estimate of drug-likeness (QED) is 0.547. The van der Waals surface area contributed by atoms with Crippen molar-refractivity contribution >= 4 is 17.0 Å². The van der Waals surface area contributed by atoms with Crippen LogP contribution in [0, 0.1) is 13.8 Å². The van der Waals surface area contributed by atoms with E-state index in [1.54, 1.807) is 32.0 Å². The van der Waals surface area contributed by atoms with E-state index in [2.05, 4.69) is 5.32 Å². The average molecular weight is 477 g/mol. The minimum Gasteiger partial charge on any atom is -0.772 e. The number of halogens is 3. The van der Waals surface area contributed by atoms with E-state index in [4.69, 9.17) is 0 Å². The maximum absolute atomic E-state index is 13.1. The summed E-state index contributed by atoms with van der Waals surface area (Å²) in [7, 11) is 0. The fraction of sp³-hybridized carbons (Fsp3) is 0.217. The third kappa shape index (κ3) is 5.77. The zero-order chi connectivity index (χ0) is 24.3. The predicted octanol–water partition coefficient (Wildman–Crippen LogP) is 3.78. The maximum Gasteiger partial charge on any atom is 0.416 e. The zero-order valence-corrected chi connectivity index (χ0v) is 18.5. The van der Waals surface area contributed by atoms with E-state index in [1.165, 1.54) is 24.3 Å². The van der Waals surface area contributed by atoms with Crippen molar-refractivity contribution in [1.29, 1.82) is 0 Å². The fourth-order valence-electron chi connectivity index (χ4n) is 3.38. The molecule has 1 amide bonds. The summed E-state index contributed by atoms with van der Waals surface area (Å²) >= 11 is -2.22. The predicted molar refractivity (Wildman–Crippen MR) is 117 cm³/mol. The molecule has 1 N–H and O–H groups in total. The first-order chi connectivity index (χ1) is 15.5. The molecule has 2 aromatic carbocycles. The van der Waals surface area contributed by atoms with Crippen molar-refractivity contribution in [3.05, 3.63) is 98.5 Å². The molecule has 3 rings (SSSR count). The normalized spacial score (nSPS) is 12.4. The number of nitrogens with one attached hydrogen (secondary N) is 1. The molecule has 1 heterocycles. The third-order valence-corrected chi connectivity index (χ3v) is 5.63. The van der Waals surface area contributed by atoms with Gasteiger partial charge < -0.3 is 9.87 Å². The summed E-state index contributed by atoms with van der Waals surface area (Å²) < 4.78 is 62.1. The van der Waals surface area contributed by atoms with E-state index in [1.807, 2.05) is 0 Å². The second-order valence-corrected chi connectivity index (χ2v) is 8.36. The summed E-state index contributed by atoms with van der Waals surface area (Å²) in [6, 6.07) is 12.2. The molecule has 10 heteroatoms. The lowest BCUT2D eigenvalue weighted by atomic mass is 10.1. The van der Waals surface area contributed by atoms with Gasteiger partial charge in [-0.25, -0.2) is 0 Å². The van der Waals surface area contributed by atoms with Crippen LogP contribution in [-0.4, -0.2) is 19.2 Å². The Morgan fingerprint density at radius 2 is 1.82 bits per heavy atom. The first-order valence-electron chi connectivity index (χ1n) is 9.80. The number of nitrogens with zero attached hydrogens (tertiary/aromatic N) is 1. The number of hydrogen-bond donors (Lipinski definition) is 1. The molecule has 0 saturated carbocycles. The van der Waals surface area contributed by atoms with Gasteiger partial charge in [-0.05, 0) is 60.9 Å². The lowest BCUT2D eigenvalue weighted by Crippen LogP contribution is -2.33. The van der Waals surface area contributed by atoms with Crippen LogP contribution in [0.25, 0.3) is 5.69 Å². The number of aromatic nitrogens is 1.